The maximum absolute atomic E-state index is 13.5. The zero-order chi connectivity index (χ0) is 29.8. The molecule has 1 saturated heterocycles. The highest BCUT2D eigenvalue weighted by atomic mass is 79.9. The van der Waals surface area contributed by atoms with Crippen molar-refractivity contribution in [2.45, 2.75) is 20.1 Å². The van der Waals surface area contributed by atoms with Crippen molar-refractivity contribution in [2.75, 3.05) is 4.90 Å². The van der Waals surface area contributed by atoms with Crippen LogP contribution in [0.4, 0.5) is 10.5 Å². The number of aryl methyl sites for hydroxylation is 1. The number of carbonyl (C=O) groups excluding carboxylic acids is 3. The van der Waals surface area contributed by atoms with Crippen LogP contribution in [0.1, 0.15) is 22.3 Å². The fourth-order valence-corrected chi connectivity index (χ4v) is 5.11. The Bertz CT molecular complexity index is 1720. The highest BCUT2D eigenvalue weighted by Gasteiger charge is 2.37. The molecule has 42 heavy (non-hydrogen) atoms. The van der Waals surface area contributed by atoms with Crippen molar-refractivity contribution in [3.05, 3.63) is 127 Å². The maximum atomic E-state index is 13.5. The first-order chi connectivity index (χ1) is 20.2. The summed E-state index contributed by atoms with van der Waals surface area (Å²) >= 11 is 15.6. The fourth-order valence-electron chi connectivity index (χ4n) is 4.27. The third kappa shape index (κ3) is 6.85. The van der Waals surface area contributed by atoms with Crippen molar-refractivity contribution < 1.29 is 23.9 Å². The number of halogens is 3. The van der Waals surface area contributed by atoms with Gasteiger partial charge in [-0.15, -0.1) is 0 Å². The number of nitrogens with zero attached hydrogens (tertiary/aromatic N) is 1. The number of barbiturate groups is 1. The largest absolute Gasteiger partial charge is 0.489 e. The Morgan fingerprint density at radius 2 is 1.67 bits per heavy atom. The second-order valence-corrected chi connectivity index (χ2v) is 11.2. The Morgan fingerprint density at radius 1 is 0.881 bits per heavy atom. The Hall–Kier alpha value is -4.11. The lowest BCUT2D eigenvalue weighted by atomic mass is 10.1. The molecule has 1 N–H and O–H groups in total. The molecule has 4 aromatic rings. The molecular weight excluding hydrogens is 643 g/mol. The molecule has 212 valence electrons. The van der Waals surface area contributed by atoms with E-state index in [1.54, 1.807) is 60.7 Å². The molecule has 4 amide bonds. The van der Waals surface area contributed by atoms with E-state index in [1.165, 1.54) is 6.08 Å². The van der Waals surface area contributed by atoms with Gasteiger partial charge in [0.05, 0.1) is 5.69 Å². The number of hydrogen-bond donors (Lipinski definition) is 1. The second kappa shape index (κ2) is 12.8. The second-order valence-electron chi connectivity index (χ2n) is 9.44. The molecule has 0 aliphatic carbocycles. The normalized spacial score (nSPS) is 14.2. The maximum Gasteiger partial charge on any atom is 0.335 e. The molecule has 4 aromatic carbocycles. The smallest absolute Gasteiger partial charge is 0.335 e. The van der Waals surface area contributed by atoms with Crippen LogP contribution in [0, 0.1) is 6.92 Å². The third-order valence-electron chi connectivity index (χ3n) is 6.35. The van der Waals surface area contributed by atoms with E-state index in [4.69, 9.17) is 32.7 Å². The van der Waals surface area contributed by atoms with Crippen molar-refractivity contribution in [3.8, 4) is 11.5 Å². The highest BCUT2D eigenvalue weighted by molar-refractivity contribution is 9.10. The van der Waals surface area contributed by atoms with Crippen LogP contribution in [0.2, 0.25) is 10.0 Å². The summed E-state index contributed by atoms with van der Waals surface area (Å²) in [6, 6.07) is 23.8. The number of hydrogen-bond acceptors (Lipinski definition) is 5. The third-order valence-corrected chi connectivity index (χ3v) is 7.43. The molecule has 0 unspecified atom stereocenters. The molecule has 0 bridgehead atoms. The summed E-state index contributed by atoms with van der Waals surface area (Å²) in [5, 5.41) is 3.25. The van der Waals surface area contributed by atoms with Crippen molar-refractivity contribution >= 4 is 68.7 Å². The lowest BCUT2D eigenvalue weighted by Crippen LogP contribution is -2.54. The van der Waals surface area contributed by atoms with Gasteiger partial charge in [-0.25, -0.2) is 9.69 Å². The number of carbonyl (C=O) groups is 3. The lowest BCUT2D eigenvalue weighted by Gasteiger charge is -2.26. The summed E-state index contributed by atoms with van der Waals surface area (Å²) in [6.07, 6.45) is 1.42. The van der Waals surface area contributed by atoms with Gasteiger partial charge in [0.1, 0.15) is 30.3 Å². The number of anilines is 1. The SMILES string of the molecule is Cc1cccc(COc2ccc(Br)cc2/C=C2\C(=O)NC(=O)N(c3ccc(OCc4ccc(Cl)cc4Cl)cc3)C2=O)c1. The first-order valence-electron chi connectivity index (χ1n) is 12.7. The minimum absolute atomic E-state index is 0.195. The van der Waals surface area contributed by atoms with E-state index >= 15 is 0 Å². The minimum atomic E-state index is -0.853. The first-order valence-corrected chi connectivity index (χ1v) is 14.3. The Labute approximate surface area is 260 Å². The summed E-state index contributed by atoms with van der Waals surface area (Å²) in [5.74, 6) is -0.606. The molecule has 7 nitrogen and oxygen atoms in total. The molecule has 0 radical (unpaired) electrons. The summed E-state index contributed by atoms with van der Waals surface area (Å²) < 4.78 is 12.6. The van der Waals surface area contributed by atoms with Crippen molar-refractivity contribution in [1.29, 1.82) is 0 Å². The zero-order valence-corrected chi connectivity index (χ0v) is 25.3. The molecule has 0 spiro atoms. The van der Waals surface area contributed by atoms with E-state index < -0.39 is 17.8 Å². The molecule has 1 aliphatic rings. The van der Waals surface area contributed by atoms with E-state index in [2.05, 4.69) is 21.2 Å². The van der Waals surface area contributed by atoms with E-state index in [0.717, 1.165) is 26.1 Å². The molecule has 0 atom stereocenters. The molecule has 1 aliphatic heterocycles. The number of benzene rings is 4. The van der Waals surface area contributed by atoms with Gasteiger partial charge in [-0.1, -0.05) is 75.0 Å². The number of rotatable bonds is 8. The van der Waals surface area contributed by atoms with E-state index in [-0.39, 0.29) is 17.9 Å². The van der Waals surface area contributed by atoms with Gasteiger partial charge in [0.2, 0.25) is 0 Å². The zero-order valence-electron chi connectivity index (χ0n) is 22.2. The number of ether oxygens (including phenoxy) is 2. The van der Waals surface area contributed by atoms with Gasteiger partial charge in [-0.05, 0) is 73.2 Å². The fraction of sp³-hybridized carbons (Fsp3) is 0.0938. The number of nitrogens with one attached hydrogen (secondary N) is 1. The molecule has 0 saturated carbocycles. The van der Waals surface area contributed by atoms with Gasteiger partial charge < -0.3 is 9.47 Å². The quantitative estimate of drug-likeness (QED) is 0.153. The lowest BCUT2D eigenvalue weighted by molar-refractivity contribution is -0.122. The van der Waals surface area contributed by atoms with Crippen LogP contribution in [-0.2, 0) is 22.8 Å². The first kappa shape index (κ1) is 29.4. The van der Waals surface area contributed by atoms with Gasteiger partial charge in [-0.2, -0.15) is 0 Å². The van der Waals surface area contributed by atoms with E-state index in [9.17, 15) is 14.4 Å². The molecular formula is C32H23BrCl2N2O5. The predicted molar refractivity (Wildman–Crippen MR) is 166 cm³/mol. The molecule has 1 fully saturated rings. The van der Waals surface area contributed by atoms with Gasteiger partial charge in [0.15, 0.2) is 0 Å². The van der Waals surface area contributed by atoms with Crippen LogP contribution in [0.3, 0.4) is 0 Å². The summed E-state index contributed by atoms with van der Waals surface area (Å²) in [4.78, 5) is 39.9. The summed E-state index contributed by atoms with van der Waals surface area (Å²) in [7, 11) is 0. The summed E-state index contributed by atoms with van der Waals surface area (Å²) in [6.45, 7) is 2.49. The van der Waals surface area contributed by atoms with Gasteiger partial charge >= 0.3 is 6.03 Å². The Kier molecular flexibility index (Phi) is 8.97. The van der Waals surface area contributed by atoms with Crippen LogP contribution in [0.15, 0.2) is 95.0 Å². The topological polar surface area (TPSA) is 84.9 Å². The standard InChI is InChI=1S/C32H23BrCl2N2O5/c1-19-3-2-4-20(13-19)17-42-29-12-6-23(33)14-22(29)15-27-30(38)36-32(40)37(31(27)39)25-8-10-26(11-9-25)41-18-21-5-7-24(34)16-28(21)35/h2-16H,17-18H2,1H3,(H,36,38,40)/b27-15+. The average Bonchev–Trinajstić information content (AvgIpc) is 2.95. The van der Waals surface area contributed by atoms with Gasteiger partial charge in [0, 0.05) is 25.6 Å². The molecule has 0 aromatic heterocycles. The predicted octanol–water partition coefficient (Wildman–Crippen LogP) is 7.89. The van der Waals surface area contributed by atoms with Crippen LogP contribution in [0.25, 0.3) is 6.08 Å². The van der Waals surface area contributed by atoms with E-state index in [1.807, 2.05) is 31.2 Å². The van der Waals surface area contributed by atoms with Crippen molar-refractivity contribution in [3.63, 3.8) is 0 Å². The van der Waals surface area contributed by atoms with Crippen molar-refractivity contribution in [2.24, 2.45) is 0 Å². The van der Waals surface area contributed by atoms with Crippen LogP contribution >= 0.6 is 39.1 Å². The monoisotopic (exact) mass is 664 g/mol. The average molecular weight is 666 g/mol. The molecule has 1 heterocycles. The number of imide groups is 2. The minimum Gasteiger partial charge on any atom is -0.489 e. The van der Waals surface area contributed by atoms with Crippen LogP contribution in [-0.4, -0.2) is 17.8 Å². The number of urea groups is 1. The van der Waals surface area contributed by atoms with Gasteiger partial charge in [0.25, 0.3) is 11.8 Å². The van der Waals surface area contributed by atoms with Crippen LogP contribution in [0.5, 0.6) is 11.5 Å². The van der Waals surface area contributed by atoms with Crippen LogP contribution < -0.4 is 19.7 Å². The summed E-state index contributed by atoms with van der Waals surface area (Å²) in [5.41, 5.74) is 3.37. The van der Waals surface area contributed by atoms with Gasteiger partial charge in [-0.3, -0.25) is 14.9 Å². The van der Waals surface area contributed by atoms with Crippen molar-refractivity contribution in [1.82, 2.24) is 5.32 Å². The number of amides is 4. The molecule has 10 heteroatoms. The molecule has 5 rings (SSSR count). The van der Waals surface area contributed by atoms with E-state index in [0.29, 0.717) is 33.7 Å². The Balaban J connectivity index is 1.35. The Morgan fingerprint density at radius 3 is 2.40 bits per heavy atom. The highest BCUT2D eigenvalue weighted by Crippen LogP contribution is 2.30.